The molecule has 2 heteroatoms. The van der Waals surface area contributed by atoms with Gasteiger partial charge in [0.2, 0.25) is 0 Å². The third-order valence-corrected chi connectivity index (χ3v) is 2.72. The second-order valence-corrected chi connectivity index (χ2v) is 3.86. The summed E-state index contributed by atoms with van der Waals surface area (Å²) in [5.41, 5.74) is 1.46. The summed E-state index contributed by atoms with van der Waals surface area (Å²) in [5.74, 6) is 1.06. The molecule has 2 rings (SSSR count). The number of allylic oxidation sites excluding steroid dienone is 4. The molecule has 0 aromatic rings. The van der Waals surface area contributed by atoms with Crippen LogP contribution in [0.4, 0.5) is 0 Å². The van der Waals surface area contributed by atoms with E-state index in [1.807, 2.05) is 5.41 Å². The lowest BCUT2D eigenvalue weighted by atomic mass is 10.0. The quantitative estimate of drug-likeness (QED) is 0.659. The number of hydrogen-bond donors (Lipinski definition) is 0. The number of ether oxygens (including phenoxy) is 1. The Labute approximate surface area is 82.9 Å². The van der Waals surface area contributed by atoms with E-state index in [4.69, 9.17) is 4.74 Å². The van der Waals surface area contributed by atoms with Crippen molar-refractivity contribution in [1.29, 1.82) is 0 Å². The van der Waals surface area contributed by atoms with Crippen molar-refractivity contribution in [2.24, 2.45) is 0 Å². The molecule has 0 aromatic carbocycles. The van der Waals surface area contributed by atoms with E-state index in [0.29, 0.717) is 0 Å². The van der Waals surface area contributed by atoms with Crippen molar-refractivity contribution >= 4 is 11.8 Å². The minimum atomic E-state index is 0.960. The molecule has 0 fully saturated rings. The molecule has 0 aromatic heterocycles. The van der Waals surface area contributed by atoms with E-state index in [1.54, 1.807) is 18.0 Å². The SMILES string of the molecule is C1=CCCC(CC2=CSC=CO2)=C1. The summed E-state index contributed by atoms with van der Waals surface area (Å²) >= 11 is 1.68. The lowest BCUT2D eigenvalue weighted by Crippen LogP contribution is -1.93. The first-order chi connectivity index (χ1) is 6.45. The van der Waals surface area contributed by atoms with Gasteiger partial charge in [0.05, 0.1) is 6.26 Å². The van der Waals surface area contributed by atoms with Crippen LogP contribution in [0, 0.1) is 0 Å². The van der Waals surface area contributed by atoms with Crippen LogP contribution in [0.3, 0.4) is 0 Å². The topological polar surface area (TPSA) is 9.23 Å². The van der Waals surface area contributed by atoms with E-state index in [-0.39, 0.29) is 0 Å². The maximum absolute atomic E-state index is 5.38. The normalized spacial score (nSPS) is 20.6. The van der Waals surface area contributed by atoms with E-state index in [1.165, 1.54) is 18.4 Å². The van der Waals surface area contributed by atoms with Crippen molar-refractivity contribution in [1.82, 2.24) is 0 Å². The highest BCUT2D eigenvalue weighted by Crippen LogP contribution is 2.25. The van der Waals surface area contributed by atoms with Crippen molar-refractivity contribution in [3.05, 3.63) is 46.6 Å². The van der Waals surface area contributed by atoms with E-state index < -0.39 is 0 Å². The second kappa shape index (κ2) is 4.38. The minimum absolute atomic E-state index is 0.960. The van der Waals surface area contributed by atoms with Gasteiger partial charge in [-0.25, -0.2) is 0 Å². The highest BCUT2D eigenvalue weighted by Gasteiger charge is 2.05. The Morgan fingerprint density at radius 2 is 2.46 bits per heavy atom. The highest BCUT2D eigenvalue weighted by molar-refractivity contribution is 8.04. The molecule has 0 unspecified atom stereocenters. The van der Waals surface area contributed by atoms with Gasteiger partial charge in [-0.2, -0.15) is 0 Å². The summed E-state index contributed by atoms with van der Waals surface area (Å²) in [6.45, 7) is 0. The van der Waals surface area contributed by atoms with Crippen molar-refractivity contribution in [3.63, 3.8) is 0 Å². The standard InChI is InChI=1S/C11H12OS/c1-2-4-10(5-3-1)8-11-9-13-7-6-12-11/h1-2,4,6-7,9H,3,5,8H2. The number of thioether (sulfide) groups is 1. The van der Waals surface area contributed by atoms with E-state index in [2.05, 4.69) is 23.6 Å². The largest absolute Gasteiger partial charge is 0.468 e. The van der Waals surface area contributed by atoms with Gasteiger partial charge in [0.25, 0.3) is 0 Å². The summed E-state index contributed by atoms with van der Waals surface area (Å²) in [6.07, 6.45) is 11.6. The van der Waals surface area contributed by atoms with Gasteiger partial charge in [0.15, 0.2) is 0 Å². The Morgan fingerprint density at radius 3 is 3.15 bits per heavy atom. The molecule has 0 atom stereocenters. The molecule has 0 saturated heterocycles. The smallest absolute Gasteiger partial charge is 0.114 e. The first kappa shape index (κ1) is 8.70. The molecule has 0 radical (unpaired) electrons. The zero-order chi connectivity index (χ0) is 8.93. The molecule has 13 heavy (non-hydrogen) atoms. The van der Waals surface area contributed by atoms with Crippen molar-refractivity contribution in [2.45, 2.75) is 19.3 Å². The molecule has 1 heterocycles. The minimum Gasteiger partial charge on any atom is -0.468 e. The van der Waals surface area contributed by atoms with Gasteiger partial charge in [-0.15, -0.1) is 0 Å². The molecule has 68 valence electrons. The molecule has 0 saturated carbocycles. The third-order valence-electron chi connectivity index (χ3n) is 2.05. The molecule has 0 spiro atoms. The zero-order valence-corrected chi connectivity index (χ0v) is 8.22. The van der Waals surface area contributed by atoms with Crippen molar-refractivity contribution < 1.29 is 4.74 Å². The summed E-state index contributed by atoms with van der Waals surface area (Å²) in [4.78, 5) is 0. The van der Waals surface area contributed by atoms with Crippen LogP contribution >= 0.6 is 11.8 Å². The molecule has 0 N–H and O–H groups in total. The van der Waals surface area contributed by atoms with Crippen LogP contribution in [0.15, 0.2) is 46.6 Å². The molecular formula is C11H12OS. The van der Waals surface area contributed by atoms with Gasteiger partial charge in [0.1, 0.15) is 5.76 Å². The maximum atomic E-state index is 5.38. The molecule has 0 bridgehead atoms. The predicted octanol–water partition coefficient (Wildman–Crippen LogP) is 3.73. The monoisotopic (exact) mass is 192 g/mol. The Balaban J connectivity index is 1.93. The predicted molar refractivity (Wildman–Crippen MR) is 57.0 cm³/mol. The molecule has 1 aliphatic heterocycles. The lowest BCUT2D eigenvalue weighted by Gasteiger charge is -2.12. The highest BCUT2D eigenvalue weighted by atomic mass is 32.2. The van der Waals surface area contributed by atoms with Gasteiger partial charge >= 0.3 is 0 Å². The van der Waals surface area contributed by atoms with Gasteiger partial charge in [-0.3, -0.25) is 0 Å². The number of rotatable bonds is 2. The molecule has 0 amide bonds. The Hall–Kier alpha value is -0.890. The van der Waals surface area contributed by atoms with Crippen LogP contribution < -0.4 is 0 Å². The van der Waals surface area contributed by atoms with Crippen molar-refractivity contribution in [2.75, 3.05) is 0 Å². The summed E-state index contributed by atoms with van der Waals surface area (Å²) in [5, 5.41) is 4.01. The Morgan fingerprint density at radius 1 is 1.46 bits per heavy atom. The van der Waals surface area contributed by atoms with E-state index in [0.717, 1.165) is 12.2 Å². The second-order valence-electron chi connectivity index (χ2n) is 3.08. The fourth-order valence-electron chi connectivity index (χ4n) is 1.40. The van der Waals surface area contributed by atoms with E-state index >= 15 is 0 Å². The molecule has 2 aliphatic rings. The molecular weight excluding hydrogens is 180 g/mol. The maximum Gasteiger partial charge on any atom is 0.114 e. The first-order valence-electron chi connectivity index (χ1n) is 4.46. The molecule has 1 nitrogen and oxygen atoms in total. The van der Waals surface area contributed by atoms with Gasteiger partial charge in [-0.1, -0.05) is 35.6 Å². The van der Waals surface area contributed by atoms with E-state index in [9.17, 15) is 0 Å². The van der Waals surface area contributed by atoms with Crippen LogP contribution in [0.25, 0.3) is 0 Å². The lowest BCUT2D eigenvalue weighted by molar-refractivity contribution is 0.340. The third kappa shape index (κ3) is 2.52. The van der Waals surface area contributed by atoms with Crippen LogP contribution in [0.5, 0.6) is 0 Å². The van der Waals surface area contributed by atoms with Gasteiger partial charge in [0, 0.05) is 17.2 Å². The van der Waals surface area contributed by atoms with Gasteiger partial charge < -0.3 is 4.74 Å². The first-order valence-corrected chi connectivity index (χ1v) is 5.40. The summed E-state index contributed by atoms with van der Waals surface area (Å²) < 4.78 is 5.38. The van der Waals surface area contributed by atoms with Gasteiger partial charge in [-0.05, 0) is 12.8 Å². The average molecular weight is 192 g/mol. The Bertz CT molecular complexity index is 297. The van der Waals surface area contributed by atoms with Crippen LogP contribution in [0.2, 0.25) is 0 Å². The number of hydrogen-bond acceptors (Lipinski definition) is 2. The Kier molecular flexibility index (Phi) is 2.93. The zero-order valence-electron chi connectivity index (χ0n) is 7.40. The fourth-order valence-corrected chi connectivity index (χ4v) is 1.89. The molecule has 1 aliphatic carbocycles. The van der Waals surface area contributed by atoms with Crippen LogP contribution in [-0.4, -0.2) is 0 Å². The average Bonchev–Trinajstić information content (AvgIpc) is 2.21. The summed E-state index contributed by atoms with van der Waals surface area (Å²) in [6, 6.07) is 0. The van der Waals surface area contributed by atoms with Crippen LogP contribution in [-0.2, 0) is 4.74 Å². The van der Waals surface area contributed by atoms with Crippen molar-refractivity contribution in [3.8, 4) is 0 Å². The summed E-state index contributed by atoms with van der Waals surface area (Å²) in [7, 11) is 0. The van der Waals surface area contributed by atoms with Crippen LogP contribution in [0.1, 0.15) is 19.3 Å². The fraction of sp³-hybridized carbons (Fsp3) is 0.273.